The molecule has 6 heavy (non-hydrogen) atoms. The topological polar surface area (TPSA) is 0 Å². The Kier molecular flexibility index (Phi) is 30.8. The van der Waals surface area contributed by atoms with Crippen LogP contribution in [-0.2, 0) is 0 Å². The SMILES string of the molecule is C=CCl.C=CCl. The van der Waals surface area contributed by atoms with Crippen molar-refractivity contribution in [2.75, 3.05) is 0 Å². The molecule has 2 heteroatoms. The Balaban J connectivity index is 0. The molecule has 0 aromatic carbocycles. The quantitative estimate of drug-likeness (QED) is 0.466. The van der Waals surface area contributed by atoms with Gasteiger partial charge in [0, 0.05) is 0 Å². The van der Waals surface area contributed by atoms with E-state index < -0.39 is 0 Å². The third kappa shape index (κ3) is 10600. The van der Waals surface area contributed by atoms with Crippen molar-refractivity contribution in [3.63, 3.8) is 0 Å². The second kappa shape index (κ2) is 19.7. The van der Waals surface area contributed by atoms with Crippen LogP contribution >= 0.6 is 23.2 Å². The molecule has 36 valence electrons. The molecule has 0 heterocycles. The van der Waals surface area contributed by atoms with Crippen LogP contribution < -0.4 is 0 Å². The Morgan fingerprint density at radius 3 is 1.00 bits per heavy atom. The van der Waals surface area contributed by atoms with E-state index in [-0.39, 0.29) is 0 Å². The summed E-state index contributed by atoms with van der Waals surface area (Å²) in [5, 5.41) is 0. The Bertz CT molecular complexity index is 26.5. The second-order valence-corrected chi connectivity index (χ2v) is 0.926. The van der Waals surface area contributed by atoms with Crippen LogP contribution in [0.3, 0.4) is 0 Å². The molecule has 0 aromatic rings. The molecular formula is C4H6Cl2. The highest BCUT2D eigenvalue weighted by atomic mass is 35.5. The molecule has 0 N–H and O–H groups in total. The van der Waals surface area contributed by atoms with Crippen molar-refractivity contribution in [1.29, 1.82) is 0 Å². The van der Waals surface area contributed by atoms with E-state index in [0.29, 0.717) is 0 Å². The summed E-state index contributed by atoms with van der Waals surface area (Å²) < 4.78 is 0. The molecule has 0 rings (SSSR count). The predicted molar refractivity (Wildman–Crippen MR) is 32.1 cm³/mol. The van der Waals surface area contributed by atoms with Crippen LogP contribution in [-0.4, -0.2) is 0 Å². The lowest BCUT2D eigenvalue weighted by molar-refractivity contribution is 2.63. The zero-order valence-corrected chi connectivity index (χ0v) is 4.84. The first-order chi connectivity index (χ1) is 2.83. The number of halogens is 2. The van der Waals surface area contributed by atoms with Gasteiger partial charge in [0.05, 0.1) is 0 Å². The normalized spacial score (nSPS) is 4.33. The van der Waals surface area contributed by atoms with Gasteiger partial charge in [-0.2, -0.15) is 0 Å². The van der Waals surface area contributed by atoms with Gasteiger partial charge < -0.3 is 0 Å². The molecule has 0 aliphatic rings. The van der Waals surface area contributed by atoms with Gasteiger partial charge >= 0.3 is 0 Å². The van der Waals surface area contributed by atoms with Gasteiger partial charge in [-0.05, 0) is 11.1 Å². The summed E-state index contributed by atoms with van der Waals surface area (Å²) in [6.45, 7) is 6.25. The lowest BCUT2D eigenvalue weighted by Gasteiger charge is -1.27. The average Bonchev–Trinajstić information content (AvgIpc) is 1.39. The lowest BCUT2D eigenvalue weighted by atomic mass is 11.3. The van der Waals surface area contributed by atoms with Gasteiger partial charge in [0.15, 0.2) is 0 Å². The van der Waals surface area contributed by atoms with Gasteiger partial charge in [-0.25, -0.2) is 0 Å². The van der Waals surface area contributed by atoms with Crippen molar-refractivity contribution in [2.24, 2.45) is 0 Å². The Morgan fingerprint density at radius 1 is 1.00 bits per heavy atom. The fourth-order valence-electron chi connectivity index (χ4n) is 0. The highest BCUT2D eigenvalue weighted by molar-refractivity contribution is 6.25. The molecule has 0 spiro atoms. The van der Waals surface area contributed by atoms with E-state index in [4.69, 9.17) is 23.2 Å². The molecule has 0 saturated heterocycles. The first-order valence-electron chi connectivity index (χ1n) is 1.25. The maximum atomic E-state index is 4.76. The molecule has 0 aromatic heterocycles. The number of hydrogen-bond donors (Lipinski definition) is 0. The minimum absolute atomic E-state index is 1.22. The number of hydrogen-bond acceptors (Lipinski definition) is 0. The smallest absolute Gasteiger partial charge is 0.00296 e. The van der Waals surface area contributed by atoms with Gasteiger partial charge in [-0.15, -0.1) is 0 Å². The van der Waals surface area contributed by atoms with Gasteiger partial charge in [0.25, 0.3) is 0 Å². The van der Waals surface area contributed by atoms with Crippen LogP contribution in [0.1, 0.15) is 0 Å². The third-order valence-corrected chi connectivity index (χ3v) is 0. The average molecular weight is 125 g/mol. The molecule has 0 atom stereocenters. The van der Waals surface area contributed by atoms with Crippen molar-refractivity contribution in [3.05, 3.63) is 24.2 Å². The van der Waals surface area contributed by atoms with Crippen LogP contribution in [0.25, 0.3) is 0 Å². The van der Waals surface area contributed by atoms with Crippen LogP contribution in [0.15, 0.2) is 24.2 Å². The summed E-state index contributed by atoms with van der Waals surface area (Å²) in [5.74, 6) is 0. The molecule has 0 aliphatic heterocycles. The van der Waals surface area contributed by atoms with Crippen molar-refractivity contribution >= 4 is 23.2 Å². The first-order valence-corrected chi connectivity index (χ1v) is 2.13. The zero-order valence-electron chi connectivity index (χ0n) is 3.32. The van der Waals surface area contributed by atoms with E-state index in [9.17, 15) is 0 Å². The van der Waals surface area contributed by atoms with E-state index in [1.807, 2.05) is 0 Å². The molecule has 0 unspecified atom stereocenters. The number of rotatable bonds is 0. The molecule has 0 bridgehead atoms. The van der Waals surface area contributed by atoms with Crippen molar-refractivity contribution in [1.82, 2.24) is 0 Å². The first kappa shape index (κ1) is 9.41. The Morgan fingerprint density at radius 2 is 1.00 bits per heavy atom. The Labute approximate surface area is 48.1 Å². The molecule has 0 fully saturated rings. The van der Waals surface area contributed by atoms with Crippen molar-refractivity contribution in [2.45, 2.75) is 0 Å². The summed E-state index contributed by atoms with van der Waals surface area (Å²) in [5.41, 5.74) is 2.44. The summed E-state index contributed by atoms with van der Waals surface area (Å²) in [6.07, 6.45) is 0. The second-order valence-electron chi connectivity index (χ2n) is 0.309. The fourth-order valence-corrected chi connectivity index (χ4v) is 0. The van der Waals surface area contributed by atoms with E-state index in [1.54, 1.807) is 0 Å². The van der Waals surface area contributed by atoms with Crippen molar-refractivity contribution < 1.29 is 0 Å². The van der Waals surface area contributed by atoms with E-state index in [2.05, 4.69) is 13.2 Å². The summed E-state index contributed by atoms with van der Waals surface area (Å²) in [6, 6.07) is 0. The summed E-state index contributed by atoms with van der Waals surface area (Å²) in [4.78, 5) is 0. The monoisotopic (exact) mass is 124 g/mol. The van der Waals surface area contributed by atoms with Crippen LogP contribution in [0.2, 0.25) is 0 Å². The Hall–Kier alpha value is 0.0600. The van der Waals surface area contributed by atoms with E-state index in [0.717, 1.165) is 0 Å². The van der Waals surface area contributed by atoms with Gasteiger partial charge in [0.2, 0.25) is 0 Å². The van der Waals surface area contributed by atoms with Gasteiger partial charge in [-0.3, -0.25) is 0 Å². The maximum absolute atomic E-state index is 4.76. The fraction of sp³-hybridized carbons (Fsp3) is 0. The summed E-state index contributed by atoms with van der Waals surface area (Å²) in [7, 11) is 0. The maximum Gasteiger partial charge on any atom is -0.00296 e. The third-order valence-electron chi connectivity index (χ3n) is 0. The highest BCUT2D eigenvalue weighted by Gasteiger charge is 1.18. The van der Waals surface area contributed by atoms with E-state index in [1.165, 1.54) is 11.1 Å². The van der Waals surface area contributed by atoms with E-state index >= 15 is 0 Å². The predicted octanol–water partition coefficient (Wildman–Crippen LogP) is 2.74. The van der Waals surface area contributed by atoms with Crippen LogP contribution in [0.5, 0.6) is 0 Å². The van der Waals surface area contributed by atoms with Crippen LogP contribution in [0.4, 0.5) is 0 Å². The molecule has 0 amide bonds. The van der Waals surface area contributed by atoms with Gasteiger partial charge in [0.1, 0.15) is 0 Å². The lowest BCUT2D eigenvalue weighted by Crippen LogP contribution is -0.926. The largest absolute Gasteiger partial charge is 0.0936 e. The molecule has 0 nitrogen and oxygen atoms in total. The summed E-state index contributed by atoms with van der Waals surface area (Å²) >= 11 is 9.52. The molecule has 0 radical (unpaired) electrons. The molecule has 0 aliphatic carbocycles. The minimum Gasteiger partial charge on any atom is -0.0936 e. The molecular weight excluding hydrogens is 119 g/mol. The standard InChI is InChI=1S/2C2H3Cl/c2*1-2-3/h2*2H,1H2. The minimum atomic E-state index is 1.22. The highest BCUT2D eigenvalue weighted by Crippen LogP contribution is 1.60. The van der Waals surface area contributed by atoms with Crippen molar-refractivity contribution in [3.8, 4) is 0 Å². The van der Waals surface area contributed by atoms with Crippen LogP contribution in [0, 0.1) is 0 Å². The zero-order chi connectivity index (χ0) is 5.41. The van der Waals surface area contributed by atoms with Gasteiger partial charge in [-0.1, -0.05) is 36.4 Å². The molecule has 0 saturated carbocycles.